The number of fused-ring (bicyclic) bond motifs is 1. The third-order valence-electron chi connectivity index (χ3n) is 3.77. The Hall–Kier alpha value is -1.88. The summed E-state index contributed by atoms with van der Waals surface area (Å²) in [6.07, 6.45) is 0. The van der Waals surface area contributed by atoms with Gasteiger partial charge in [0, 0.05) is 6.54 Å². The number of carboxylic acid groups (broad SMARTS) is 1. The van der Waals surface area contributed by atoms with Gasteiger partial charge in [-0.3, -0.25) is 0 Å². The number of aryl methyl sites for hydroxylation is 1. The number of hydrogen-bond acceptors (Lipinski definition) is 3. The van der Waals surface area contributed by atoms with Crippen LogP contribution >= 0.6 is 0 Å². The molecule has 0 saturated heterocycles. The quantitative estimate of drug-likeness (QED) is 0.919. The van der Waals surface area contributed by atoms with Gasteiger partial charge in [-0.05, 0) is 45.1 Å². The molecule has 0 bridgehead atoms. The van der Waals surface area contributed by atoms with E-state index in [1.54, 1.807) is 12.1 Å². The summed E-state index contributed by atoms with van der Waals surface area (Å²) in [6.45, 7) is 7.30. The Bertz CT molecular complexity index is 659. The first kappa shape index (κ1) is 15.5. The van der Waals surface area contributed by atoms with E-state index in [1.165, 1.54) is 0 Å². The fraction of sp³-hybridized carbons (Fsp3) is 0.500. The largest absolute Gasteiger partial charge is 0.478 e. The van der Waals surface area contributed by atoms with Crippen molar-refractivity contribution in [2.45, 2.75) is 26.8 Å². The number of aromatic nitrogens is 2. The minimum Gasteiger partial charge on any atom is -0.478 e. The molecule has 1 unspecified atom stereocenters. The lowest BCUT2D eigenvalue weighted by Gasteiger charge is -2.27. The van der Waals surface area contributed by atoms with E-state index >= 15 is 0 Å². The zero-order chi connectivity index (χ0) is 15.7. The molecule has 0 radical (unpaired) electrons. The molecule has 0 fully saturated rings. The molecule has 0 amide bonds. The molecule has 1 aromatic carbocycles. The van der Waals surface area contributed by atoms with Gasteiger partial charge in [-0.1, -0.05) is 13.8 Å². The first-order valence-electron chi connectivity index (χ1n) is 7.18. The fourth-order valence-electron chi connectivity index (χ4n) is 2.74. The lowest BCUT2D eigenvalue weighted by atomic mass is 10.0. The number of hydrogen-bond donors (Lipinski definition) is 1. The highest BCUT2D eigenvalue weighted by Crippen LogP contribution is 2.27. The van der Waals surface area contributed by atoms with Gasteiger partial charge in [0.1, 0.15) is 5.82 Å². The van der Waals surface area contributed by atoms with Gasteiger partial charge in [-0.25, -0.2) is 9.78 Å². The summed E-state index contributed by atoms with van der Waals surface area (Å²) < 4.78 is 2.23. The maximum Gasteiger partial charge on any atom is 0.335 e. The van der Waals surface area contributed by atoms with E-state index in [1.807, 2.05) is 13.0 Å². The van der Waals surface area contributed by atoms with Gasteiger partial charge in [0.25, 0.3) is 0 Å². The standard InChI is InChI=1S/C16H23N3O2/c1-10(2)15(9-18(4)5)19-11(3)17-13-8-12(16(20)21)6-7-14(13)19/h6-8,10,15H,9H2,1-5H3,(H,20,21). The van der Waals surface area contributed by atoms with Crippen molar-refractivity contribution in [2.24, 2.45) is 5.92 Å². The number of rotatable bonds is 5. The van der Waals surface area contributed by atoms with Crippen LogP contribution in [0.5, 0.6) is 0 Å². The van der Waals surface area contributed by atoms with Crippen molar-refractivity contribution < 1.29 is 9.90 Å². The zero-order valence-electron chi connectivity index (χ0n) is 13.3. The third kappa shape index (κ3) is 3.08. The SMILES string of the molecule is Cc1nc2cc(C(=O)O)ccc2n1C(CN(C)C)C(C)C. The van der Waals surface area contributed by atoms with E-state index in [9.17, 15) is 4.79 Å². The highest BCUT2D eigenvalue weighted by molar-refractivity contribution is 5.92. The number of benzene rings is 1. The predicted octanol–water partition coefficient (Wildman–Crippen LogP) is 2.80. The second-order valence-corrected chi connectivity index (χ2v) is 6.11. The van der Waals surface area contributed by atoms with Gasteiger partial charge in [0.15, 0.2) is 0 Å². The Morgan fingerprint density at radius 2 is 2.05 bits per heavy atom. The Balaban J connectivity index is 2.57. The van der Waals surface area contributed by atoms with Gasteiger partial charge in [-0.15, -0.1) is 0 Å². The summed E-state index contributed by atoms with van der Waals surface area (Å²) in [5.74, 6) is 0.466. The first-order valence-corrected chi connectivity index (χ1v) is 7.18. The lowest BCUT2D eigenvalue weighted by Crippen LogP contribution is -2.28. The van der Waals surface area contributed by atoms with E-state index < -0.39 is 5.97 Å². The highest BCUT2D eigenvalue weighted by atomic mass is 16.4. The minimum atomic E-state index is -0.919. The number of imidazole rings is 1. The van der Waals surface area contributed by atoms with Crippen LogP contribution in [-0.2, 0) is 0 Å². The van der Waals surface area contributed by atoms with Crippen LogP contribution in [0.25, 0.3) is 11.0 Å². The monoisotopic (exact) mass is 289 g/mol. The second kappa shape index (κ2) is 5.85. The second-order valence-electron chi connectivity index (χ2n) is 6.11. The van der Waals surface area contributed by atoms with Crippen molar-refractivity contribution in [2.75, 3.05) is 20.6 Å². The molecule has 0 saturated carbocycles. The normalized spacial score (nSPS) is 13.3. The Morgan fingerprint density at radius 3 is 2.57 bits per heavy atom. The number of likely N-dealkylation sites (N-methyl/N-ethyl adjacent to an activating group) is 1. The van der Waals surface area contributed by atoms with E-state index in [-0.39, 0.29) is 5.56 Å². The molecule has 1 atom stereocenters. The molecule has 0 spiro atoms. The summed E-state index contributed by atoms with van der Waals surface area (Å²) in [5.41, 5.74) is 2.02. The van der Waals surface area contributed by atoms with Gasteiger partial charge in [0.2, 0.25) is 0 Å². The molecule has 1 aromatic heterocycles. The number of nitrogens with zero attached hydrogens (tertiary/aromatic N) is 3. The summed E-state index contributed by atoms with van der Waals surface area (Å²) in [7, 11) is 4.12. The minimum absolute atomic E-state index is 0.279. The van der Waals surface area contributed by atoms with Crippen LogP contribution in [0.15, 0.2) is 18.2 Å². The molecule has 0 aliphatic carbocycles. The van der Waals surface area contributed by atoms with Crippen LogP contribution in [0.3, 0.4) is 0 Å². The average Bonchev–Trinajstić information content (AvgIpc) is 2.70. The van der Waals surface area contributed by atoms with Crippen LogP contribution in [0.1, 0.15) is 36.1 Å². The molecule has 5 heteroatoms. The first-order chi connectivity index (χ1) is 9.81. The summed E-state index contributed by atoms with van der Waals surface area (Å²) in [6, 6.07) is 5.47. The summed E-state index contributed by atoms with van der Waals surface area (Å²) in [5, 5.41) is 9.10. The number of carboxylic acids is 1. The fourth-order valence-corrected chi connectivity index (χ4v) is 2.74. The zero-order valence-corrected chi connectivity index (χ0v) is 13.3. The molecular weight excluding hydrogens is 266 g/mol. The van der Waals surface area contributed by atoms with E-state index in [0.717, 1.165) is 23.4 Å². The molecule has 5 nitrogen and oxygen atoms in total. The van der Waals surface area contributed by atoms with Crippen molar-refractivity contribution in [1.82, 2.24) is 14.5 Å². The number of aromatic carboxylic acids is 1. The van der Waals surface area contributed by atoms with Gasteiger partial charge in [-0.2, -0.15) is 0 Å². The molecule has 1 heterocycles. The molecule has 1 N–H and O–H groups in total. The summed E-state index contributed by atoms with van der Waals surface area (Å²) in [4.78, 5) is 17.8. The number of carbonyl (C=O) groups is 1. The lowest BCUT2D eigenvalue weighted by molar-refractivity contribution is 0.0697. The van der Waals surface area contributed by atoms with Crippen molar-refractivity contribution in [3.8, 4) is 0 Å². The van der Waals surface area contributed by atoms with E-state index in [2.05, 4.69) is 42.4 Å². The predicted molar refractivity (Wildman–Crippen MR) is 83.9 cm³/mol. The average molecular weight is 289 g/mol. The Kier molecular flexibility index (Phi) is 4.32. The maximum atomic E-state index is 11.1. The van der Waals surface area contributed by atoms with Crippen LogP contribution in [-0.4, -0.2) is 46.2 Å². The molecule has 21 heavy (non-hydrogen) atoms. The Labute approximate surface area is 125 Å². The molecule has 2 aromatic rings. The van der Waals surface area contributed by atoms with Crippen molar-refractivity contribution >= 4 is 17.0 Å². The molecule has 0 aliphatic heterocycles. The van der Waals surface area contributed by atoms with Crippen LogP contribution < -0.4 is 0 Å². The summed E-state index contributed by atoms with van der Waals surface area (Å²) >= 11 is 0. The topological polar surface area (TPSA) is 58.4 Å². The van der Waals surface area contributed by atoms with Crippen molar-refractivity contribution in [3.05, 3.63) is 29.6 Å². The van der Waals surface area contributed by atoms with Crippen molar-refractivity contribution in [1.29, 1.82) is 0 Å². The molecule has 2 rings (SSSR count). The van der Waals surface area contributed by atoms with Crippen molar-refractivity contribution in [3.63, 3.8) is 0 Å². The van der Waals surface area contributed by atoms with Crippen LogP contribution in [0.4, 0.5) is 0 Å². The van der Waals surface area contributed by atoms with E-state index in [4.69, 9.17) is 5.11 Å². The molecular formula is C16H23N3O2. The molecule has 0 aliphatic rings. The van der Waals surface area contributed by atoms with Gasteiger partial charge >= 0.3 is 5.97 Å². The maximum absolute atomic E-state index is 11.1. The van der Waals surface area contributed by atoms with E-state index in [0.29, 0.717) is 12.0 Å². The highest BCUT2D eigenvalue weighted by Gasteiger charge is 2.21. The van der Waals surface area contributed by atoms with Crippen LogP contribution in [0, 0.1) is 12.8 Å². The smallest absolute Gasteiger partial charge is 0.335 e. The third-order valence-corrected chi connectivity index (χ3v) is 3.77. The Morgan fingerprint density at radius 1 is 1.38 bits per heavy atom. The van der Waals surface area contributed by atoms with Gasteiger partial charge in [0.05, 0.1) is 22.6 Å². The molecule has 114 valence electrons. The van der Waals surface area contributed by atoms with Crippen LogP contribution in [0.2, 0.25) is 0 Å². The van der Waals surface area contributed by atoms with Gasteiger partial charge < -0.3 is 14.6 Å².